The molecule has 1 aromatic heterocycles. The SMILES string of the molecule is N#Cc1cc(-c2ncnc(Nc3ccc(N4CCN(C5COC5)CC4)cc3)n2)ccc1O[C@H]1CCN(C(=O)C[C@@H]2CCCN2)C[C@H]1F. The first-order valence-electron chi connectivity index (χ1n) is 16.5. The van der Waals surface area contributed by atoms with Gasteiger partial charge in [-0.3, -0.25) is 9.69 Å². The molecule has 3 aromatic rings. The molecule has 0 spiro atoms. The number of hydrogen-bond acceptors (Lipinski definition) is 11. The van der Waals surface area contributed by atoms with E-state index in [4.69, 9.17) is 9.47 Å². The minimum absolute atomic E-state index is 0.00683. The Morgan fingerprint density at radius 2 is 1.91 bits per heavy atom. The van der Waals surface area contributed by atoms with E-state index in [1.807, 2.05) is 12.1 Å². The molecule has 47 heavy (non-hydrogen) atoms. The van der Waals surface area contributed by atoms with Crippen molar-refractivity contribution in [3.63, 3.8) is 0 Å². The number of hydrogen-bond donors (Lipinski definition) is 2. The van der Waals surface area contributed by atoms with Crippen LogP contribution < -0.4 is 20.3 Å². The number of anilines is 3. The largest absolute Gasteiger partial charge is 0.486 e. The van der Waals surface area contributed by atoms with Crippen LogP contribution in [-0.2, 0) is 9.53 Å². The van der Waals surface area contributed by atoms with Gasteiger partial charge in [-0.25, -0.2) is 14.4 Å². The van der Waals surface area contributed by atoms with E-state index in [1.165, 1.54) is 12.0 Å². The monoisotopic (exact) mass is 641 g/mol. The molecule has 0 bridgehead atoms. The van der Waals surface area contributed by atoms with Crippen LogP contribution >= 0.6 is 0 Å². The van der Waals surface area contributed by atoms with E-state index in [9.17, 15) is 10.1 Å². The third-order valence-corrected chi connectivity index (χ3v) is 9.57. The molecule has 0 unspecified atom stereocenters. The van der Waals surface area contributed by atoms with E-state index in [1.54, 1.807) is 23.1 Å². The van der Waals surface area contributed by atoms with Crippen LogP contribution in [0.25, 0.3) is 11.4 Å². The van der Waals surface area contributed by atoms with Crippen molar-refractivity contribution in [1.82, 2.24) is 30.1 Å². The van der Waals surface area contributed by atoms with E-state index in [0.29, 0.717) is 48.5 Å². The summed E-state index contributed by atoms with van der Waals surface area (Å²) in [6.45, 7) is 7.10. The fraction of sp³-hybridized carbons (Fsp3) is 0.500. The molecule has 0 saturated carbocycles. The molecule has 5 heterocycles. The highest BCUT2D eigenvalue weighted by Crippen LogP contribution is 2.29. The van der Waals surface area contributed by atoms with Crippen LogP contribution in [0.5, 0.6) is 5.75 Å². The minimum atomic E-state index is -1.35. The number of rotatable bonds is 9. The van der Waals surface area contributed by atoms with Crippen molar-refractivity contribution in [1.29, 1.82) is 5.26 Å². The Hall–Kier alpha value is -4.38. The van der Waals surface area contributed by atoms with Gasteiger partial charge in [0, 0.05) is 68.5 Å². The van der Waals surface area contributed by atoms with Crippen molar-refractivity contribution in [2.24, 2.45) is 0 Å². The van der Waals surface area contributed by atoms with Crippen molar-refractivity contribution in [2.45, 2.75) is 50.0 Å². The van der Waals surface area contributed by atoms with E-state index < -0.39 is 12.3 Å². The number of alkyl halides is 1. The third kappa shape index (κ3) is 7.30. The molecule has 4 aliphatic rings. The van der Waals surface area contributed by atoms with Crippen LogP contribution in [0.15, 0.2) is 48.8 Å². The second kappa shape index (κ2) is 14.2. The van der Waals surface area contributed by atoms with Crippen molar-refractivity contribution in [3.8, 4) is 23.2 Å². The van der Waals surface area contributed by atoms with Crippen LogP contribution in [0, 0.1) is 11.3 Å². The number of nitriles is 1. The quantitative estimate of drug-likeness (QED) is 0.357. The number of piperidine rings is 1. The van der Waals surface area contributed by atoms with Gasteiger partial charge in [0.2, 0.25) is 11.9 Å². The molecular formula is C34H40FN9O3. The summed E-state index contributed by atoms with van der Waals surface area (Å²) in [4.78, 5) is 32.4. The number of carbonyl (C=O) groups is 1. The standard InChI is InChI=1S/C34H40FN9O3/c35-29-19-44(32(45)17-26-2-1-10-37-26)11-9-31(29)47-30-8-3-23(16-24(30)18-36)33-38-22-39-34(41-33)40-25-4-6-27(7-5-25)42-12-14-43(15-13-42)28-20-46-21-28/h3-8,16,22,26,28-29,31,37H,1-2,9-15,17,19-21H2,(H,38,39,40,41)/t26-,29+,31-/m0/s1. The number of nitrogens with one attached hydrogen (secondary N) is 2. The van der Waals surface area contributed by atoms with E-state index in [2.05, 4.69) is 53.6 Å². The van der Waals surface area contributed by atoms with Crippen LogP contribution in [0.1, 0.15) is 31.2 Å². The number of likely N-dealkylation sites (tertiary alicyclic amines) is 1. The first-order chi connectivity index (χ1) is 23.0. The number of ether oxygens (including phenoxy) is 2. The second-order valence-electron chi connectivity index (χ2n) is 12.6. The van der Waals surface area contributed by atoms with Crippen molar-refractivity contribution >= 4 is 23.2 Å². The summed E-state index contributed by atoms with van der Waals surface area (Å²) in [5.74, 6) is 1.04. The van der Waals surface area contributed by atoms with Gasteiger partial charge in [-0.05, 0) is 61.9 Å². The molecule has 0 radical (unpaired) electrons. The summed E-state index contributed by atoms with van der Waals surface area (Å²) in [5.41, 5.74) is 2.90. The zero-order chi connectivity index (χ0) is 32.2. The lowest BCUT2D eigenvalue weighted by atomic mass is 10.0. The molecule has 2 aromatic carbocycles. The van der Waals surface area contributed by atoms with Gasteiger partial charge in [0.05, 0.1) is 31.4 Å². The fourth-order valence-electron chi connectivity index (χ4n) is 6.70. The maximum atomic E-state index is 15.2. The average molecular weight is 642 g/mol. The number of nitrogens with zero attached hydrogens (tertiary/aromatic N) is 7. The summed E-state index contributed by atoms with van der Waals surface area (Å²) in [7, 11) is 0. The number of aromatic nitrogens is 3. The van der Waals surface area contributed by atoms with Gasteiger partial charge in [-0.2, -0.15) is 10.2 Å². The molecule has 7 rings (SSSR count). The third-order valence-electron chi connectivity index (χ3n) is 9.57. The molecule has 12 nitrogen and oxygen atoms in total. The molecule has 4 aliphatic heterocycles. The van der Waals surface area contributed by atoms with Crippen LogP contribution in [-0.4, -0.2) is 114 Å². The van der Waals surface area contributed by atoms with Crippen LogP contribution in [0.2, 0.25) is 0 Å². The zero-order valence-electron chi connectivity index (χ0n) is 26.4. The average Bonchev–Trinajstić information content (AvgIpc) is 3.59. The number of amides is 1. The molecule has 3 atom stereocenters. The summed E-state index contributed by atoms with van der Waals surface area (Å²) in [5, 5.41) is 16.5. The minimum Gasteiger partial charge on any atom is -0.486 e. The Balaban J connectivity index is 0.947. The Bertz CT molecular complexity index is 1580. The maximum absolute atomic E-state index is 15.2. The van der Waals surface area contributed by atoms with E-state index in [-0.39, 0.29) is 24.1 Å². The Kier molecular flexibility index (Phi) is 9.41. The molecule has 1 amide bonds. The van der Waals surface area contributed by atoms with Gasteiger partial charge in [0.1, 0.15) is 24.3 Å². The highest BCUT2D eigenvalue weighted by Gasteiger charge is 2.34. The Morgan fingerprint density at radius 3 is 2.62 bits per heavy atom. The second-order valence-corrected chi connectivity index (χ2v) is 12.6. The lowest BCUT2D eigenvalue weighted by molar-refractivity contribution is -0.135. The highest BCUT2D eigenvalue weighted by atomic mass is 19.1. The summed E-state index contributed by atoms with van der Waals surface area (Å²) < 4.78 is 26.5. The fourth-order valence-corrected chi connectivity index (χ4v) is 6.70. The summed E-state index contributed by atoms with van der Waals surface area (Å²) in [6.07, 6.45) is 2.13. The molecule has 246 valence electrons. The Labute approximate surface area is 273 Å². The topological polar surface area (TPSA) is 132 Å². The van der Waals surface area contributed by atoms with E-state index in [0.717, 1.165) is 64.5 Å². The molecule has 13 heteroatoms. The highest BCUT2D eigenvalue weighted by molar-refractivity contribution is 5.77. The summed E-state index contributed by atoms with van der Waals surface area (Å²) >= 11 is 0. The van der Waals surface area contributed by atoms with Crippen molar-refractivity contribution in [3.05, 3.63) is 54.4 Å². The first-order valence-corrected chi connectivity index (χ1v) is 16.5. The smallest absolute Gasteiger partial charge is 0.230 e. The summed E-state index contributed by atoms with van der Waals surface area (Å²) in [6, 6.07) is 16.2. The zero-order valence-corrected chi connectivity index (χ0v) is 26.4. The number of carbonyl (C=O) groups excluding carboxylic acids is 1. The first kappa shape index (κ1) is 31.2. The number of benzene rings is 2. The van der Waals surface area contributed by atoms with Crippen molar-refractivity contribution in [2.75, 3.05) is 69.2 Å². The van der Waals surface area contributed by atoms with Gasteiger partial charge < -0.3 is 29.9 Å². The van der Waals surface area contributed by atoms with Crippen LogP contribution in [0.3, 0.4) is 0 Å². The van der Waals surface area contributed by atoms with Gasteiger partial charge in [-0.15, -0.1) is 0 Å². The van der Waals surface area contributed by atoms with Gasteiger partial charge in [0.25, 0.3) is 0 Å². The van der Waals surface area contributed by atoms with Crippen LogP contribution in [0.4, 0.5) is 21.7 Å². The lowest BCUT2D eigenvalue weighted by Gasteiger charge is -2.43. The molecule has 0 aliphatic carbocycles. The molecule has 4 saturated heterocycles. The predicted octanol–water partition coefficient (Wildman–Crippen LogP) is 3.13. The normalized spacial score (nSPS) is 23.6. The van der Waals surface area contributed by atoms with Gasteiger partial charge >= 0.3 is 0 Å². The maximum Gasteiger partial charge on any atom is 0.230 e. The number of halogens is 1. The number of piperazine rings is 1. The molecule has 2 N–H and O–H groups in total. The van der Waals surface area contributed by atoms with Gasteiger partial charge in [0.15, 0.2) is 12.0 Å². The molecular weight excluding hydrogens is 601 g/mol. The lowest BCUT2D eigenvalue weighted by Crippen LogP contribution is -2.56. The molecule has 4 fully saturated rings. The Morgan fingerprint density at radius 1 is 1.09 bits per heavy atom. The van der Waals surface area contributed by atoms with Crippen molar-refractivity contribution < 1.29 is 18.7 Å². The predicted molar refractivity (Wildman–Crippen MR) is 174 cm³/mol. The van der Waals surface area contributed by atoms with E-state index >= 15 is 4.39 Å². The van der Waals surface area contributed by atoms with Gasteiger partial charge in [-0.1, -0.05) is 0 Å².